The Morgan fingerprint density at radius 3 is 2.59 bits per heavy atom. The smallest absolute Gasteiger partial charge is 0.252 e. The number of nitrogens with one attached hydrogen (secondary N) is 1. The van der Waals surface area contributed by atoms with E-state index in [4.69, 9.17) is 4.74 Å². The highest BCUT2D eigenvalue weighted by Crippen LogP contribution is 2.18. The fraction of sp³-hybridized carbons (Fsp3) is 0.429. The largest absolute Gasteiger partial charge is 0.497 e. The number of piperidine rings is 1. The average molecular weight is 369 g/mol. The zero-order chi connectivity index (χ0) is 19.1. The first-order valence-electron chi connectivity index (χ1n) is 9.46. The molecule has 1 saturated heterocycles. The minimum atomic E-state index is -0.204. The molecule has 6 nitrogen and oxygen atoms in total. The van der Waals surface area contributed by atoms with Crippen molar-refractivity contribution in [1.82, 2.24) is 10.3 Å². The summed E-state index contributed by atoms with van der Waals surface area (Å²) in [5.74, 6) is 1.61. The highest BCUT2D eigenvalue weighted by molar-refractivity contribution is 5.94. The van der Waals surface area contributed by atoms with E-state index in [-0.39, 0.29) is 12.0 Å². The number of benzene rings is 1. The van der Waals surface area contributed by atoms with Crippen molar-refractivity contribution in [3.05, 3.63) is 53.7 Å². The summed E-state index contributed by atoms with van der Waals surface area (Å²) in [6.45, 7) is 2.22. The van der Waals surface area contributed by atoms with Gasteiger partial charge in [0.15, 0.2) is 0 Å². The van der Waals surface area contributed by atoms with Crippen LogP contribution in [0.25, 0.3) is 0 Å². The number of aliphatic hydroxyl groups excluding tert-OH is 1. The fourth-order valence-electron chi connectivity index (χ4n) is 3.19. The minimum Gasteiger partial charge on any atom is -0.497 e. The molecule has 1 fully saturated rings. The van der Waals surface area contributed by atoms with E-state index in [9.17, 15) is 9.90 Å². The Hall–Kier alpha value is -2.60. The molecular formula is C21H27N3O3. The number of rotatable bonds is 7. The Morgan fingerprint density at radius 2 is 1.96 bits per heavy atom. The van der Waals surface area contributed by atoms with Crippen LogP contribution in [0.5, 0.6) is 5.75 Å². The molecule has 1 aromatic heterocycles. The number of ether oxygens (including phenoxy) is 1. The van der Waals surface area contributed by atoms with Crippen LogP contribution in [0, 0.1) is 0 Å². The molecule has 0 atom stereocenters. The lowest BCUT2D eigenvalue weighted by Crippen LogP contribution is -2.36. The van der Waals surface area contributed by atoms with E-state index in [0.29, 0.717) is 12.1 Å². The third-order valence-corrected chi connectivity index (χ3v) is 4.89. The molecule has 3 rings (SSSR count). The van der Waals surface area contributed by atoms with Gasteiger partial charge in [-0.3, -0.25) is 4.79 Å². The molecule has 0 spiro atoms. The molecule has 0 aliphatic carbocycles. The zero-order valence-electron chi connectivity index (χ0n) is 15.7. The summed E-state index contributed by atoms with van der Waals surface area (Å²) in [5, 5.41) is 12.5. The van der Waals surface area contributed by atoms with Gasteiger partial charge in [-0.2, -0.15) is 0 Å². The maximum atomic E-state index is 12.3. The van der Waals surface area contributed by atoms with Crippen molar-refractivity contribution in [2.45, 2.75) is 31.8 Å². The first kappa shape index (κ1) is 19.2. The van der Waals surface area contributed by atoms with E-state index >= 15 is 0 Å². The SMILES string of the molecule is COc1ccc(CCCNC(=O)c2ccc(N3CCC(O)CC3)nc2)cc1. The second-order valence-electron chi connectivity index (χ2n) is 6.83. The van der Waals surface area contributed by atoms with Crippen LogP contribution in [-0.2, 0) is 6.42 Å². The molecule has 27 heavy (non-hydrogen) atoms. The molecule has 2 N–H and O–H groups in total. The Bertz CT molecular complexity index is 723. The number of anilines is 1. The number of methoxy groups -OCH3 is 1. The van der Waals surface area contributed by atoms with E-state index in [1.165, 1.54) is 5.56 Å². The molecule has 1 amide bonds. The lowest BCUT2D eigenvalue weighted by Gasteiger charge is -2.30. The maximum absolute atomic E-state index is 12.3. The van der Waals surface area contributed by atoms with Gasteiger partial charge in [0.05, 0.1) is 18.8 Å². The number of carbonyl (C=O) groups is 1. The Morgan fingerprint density at radius 1 is 1.22 bits per heavy atom. The summed E-state index contributed by atoms with van der Waals surface area (Å²) in [5.41, 5.74) is 1.79. The van der Waals surface area contributed by atoms with E-state index in [1.807, 2.05) is 36.4 Å². The molecule has 0 unspecified atom stereocenters. The fourth-order valence-corrected chi connectivity index (χ4v) is 3.19. The number of hydrogen-bond acceptors (Lipinski definition) is 5. The lowest BCUT2D eigenvalue weighted by atomic mass is 10.1. The lowest BCUT2D eigenvalue weighted by molar-refractivity contribution is 0.0953. The maximum Gasteiger partial charge on any atom is 0.252 e. The number of pyridine rings is 1. The van der Waals surface area contributed by atoms with Crippen LogP contribution < -0.4 is 15.0 Å². The summed E-state index contributed by atoms with van der Waals surface area (Å²) < 4.78 is 5.15. The van der Waals surface area contributed by atoms with Gasteiger partial charge in [0.1, 0.15) is 11.6 Å². The van der Waals surface area contributed by atoms with Gasteiger partial charge in [-0.05, 0) is 55.5 Å². The standard InChI is InChI=1S/C21H27N3O3/c1-27-19-7-4-16(5-8-19)3-2-12-22-21(26)17-6-9-20(23-15-17)24-13-10-18(25)11-14-24/h4-9,15,18,25H,2-3,10-14H2,1H3,(H,22,26). The second kappa shape index (κ2) is 9.37. The zero-order valence-corrected chi connectivity index (χ0v) is 15.7. The number of aliphatic hydroxyl groups is 1. The molecule has 0 saturated carbocycles. The van der Waals surface area contributed by atoms with E-state index in [2.05, 4.69) is 15.2 Å². The number of hydrogen-bond donors (Lipinski definition) is 2. The number of carbonyl (C=O) groups excluding carboxylic acids is 1. The van der Waals surface area contributed by atoms with Crippen LogP contribution in [-0.4, -0.2) is 48.8 Å². The number of aromatic nitrogens is 1. The average Bonchev–Trinajstić information content (AvgIpc) is 2.72. The summed E-state index contributed by atoms with van der Waals surface area (Å²) in [7, 11) is 1.66. The van der Waals surface area contributed by atoms with Gasteiger partial charge in [0.2, 0.25) is 0 Å². The van der Waals surface area contributed by atoms with Crippen LogP contribution >= 0.6 is 0 Å². The van der Waals surface area contributed by atoms with Crippen LogP contribution in [0.4, 0.5) is 5.82 Å². The van der Waals surface area contributed by atoms with Gasteiger partial charge >= 0.3 is 0 Å². The first-order chi connectivity index (χ1) is 13.2. The molecule has 1 aliphatic heterocycles. The van der Waals surface area contributed by atoms with E-state index in [1.54, 1.807) is 13.3 Å². The Balaban J connectivity index is 1.42. The van der Waals surface area contributed by atoms with Crippen molar-refractivity contribution in [1.29, 1.82) is 0 Å². The number of aryl methyl sites for hydroxylation is 1. The molecule has 6 heteroatoms. The third-order valence-electron chi connectivity index (χ3n) is 4.89. The van der Waals surface area contributed by atoms with Crippen LogP contribution in [0.1, 0.15) is 35.2 Å². The predicted molar refractivity (Wildman–Crippen MR) is 105 cm³/mol. The van der Waals surface area contributed by atoms with Gasteiger partial charge in [0, 0.05) is 25.8 Å². The summed E-state index contributed by atoms with van der Waals surface area (Å²) in [6, 6.07) is 11.7. The highest BCUT2D eigenvalue weighted by Gasteiger charge is 2.18. The molecule has 0 radical (unpaired) electrons. The Labute approximate surface area is 160 Å². The van der Waals surface area contributed by atoms with Crippen LogP contribution in [0.3, 0.4) is 0 Å². The first-order valence-corrected chi connectivity index (χ1v) is 9.46. The molecular weight excluding hydrogens is 342 g/mol. The van der Waals surface area contributed by atoms with Crippen molar-refractivity contribution >= 4 is 11.7 Å². The molecule has 1 aliphatic rings. The number of nitrogens with zero attached hydrogens (tertiary/aromatic N) is 2. The topological polar surface area (TPSA) is 74.7 Å². The molecule has 144 valence electrons. The molecule has 2 aromatic rings. The van der Waals surface area contributed by atoms with Crippen LogP contribution in [0.15, 0.2) is 42.6 Å². The van der Waals surface area contributed by atoms with Crippen molar-refractivity contribution in [2.75, 3.05) is 31.6 Å². The van der Waals surface area contributed by atoms with Gasteiger partial charge in [-0.15, -0.1) is 0 Å². The van der Waals surface area contributed by atoms with Gasteiger partial charge in [0.25, 0.3) is 5.91 Å². The molecule has 2 heterocycles. The van der Waals surface area contributed by atoms with Gasteiger partial charge in [-0.1, -0.05) is 12.1 Å². The van der Waals surface area contributed by atoms with Crippen molar-refractivity contribution < 1.29 is 14.6 Å². The number of amides is 1. The van der Waals surface area contributed by atoms with E-state index < -0.39 is 0 Å². The normalized spacial score (nSPS) is 14.8. The summed E-state index contributed by atoms with van der Waals surface area (Å²) in [4.78, 5) is 18.8. The predicted octanol–water partition coefficient (Wildman–Crippen LogP) is 2.41. The van der Waals surface area contributed by atoms with Gasteiger partial charge < -0.3 is 20.1 Å². The summed E-state index contributed by atoms with van der Waals surface area (Å²) >= 11 is 0. The minimum absolute atomic E-state index is 0.0992. The highest BCUT2D eigenvalue weighted by atomic mass is 16.5. The van der Waals surface area contributed by atoms with Crippen molar-refractivity contribution in [3.8, 4) is 5.75 Å². The second-order valence-corrected chi connectivity index (χ2v) is 6.83. The summed E-state index contributed by atoms with van der Waals surface area (Å²) in [6.07, 6.45) is 4.72. The van der Waals surface area contributed by atoms with Crippen molar-refractivity contribution in [3.63, 3.8) is 0 Å². The molecule has 1 aromatic carbocycles. The molecule has 0 bridgehead atoms. The van der Waals surface area contributed by atoms with E-state index in [0.717, 1.165) is 50.3 Å². The third kappa shape index (κ3) is 5.44. The van der Waals surface area contributed by atoms with Crippen LogP contribution in [0.2, 0.25) is 0 Å². The quantitative estimate of drug-likeness (QED) is 0.733. The Kier molecular flexibility index (Phi) is 6.65. The van der Waals surface area contributed by atoms with Crippen molar-refractivity contribution in [2.24, 2.45) is 0 Å². The monoisotopic (exact) mass is 369 g/mol. The van der Waals surface area contributed by atoms with Gasteiger partial charge in [-0.25, -0.2) is 4.98 Å².